The Labute approximate surface area is 112 Å². The Hall–Kier alpha value is -1.80. The summed E-state index contributed by atoms with van der Waals surface area (Å²) in [4.78, 5) is 11.8. The molecule has 0 aromatic heterocycles. The van der Waals surface area contributed by atoms with Crippen LogP contribution in [0.5, 0.6) is 0 Å². The van der Waals surface area contributed by atoms with E-state index in [4.69, 9.17) is 11.6 Å². The summed E-state index contributed by atoms with van der Waals surface area (Å²) in [6, 6.07) is 17.0. The molecular weight excluding hydrogens is 246 g/mol. The van der Waals surface area contributed by atoms with Crippen molar-refractivity contribution >= 4 is 17.5 Å². The summed E-state index contributed by atoms with van der Waals surface area (Å²) in [5.74, 6) is -0.0670. The van der Waals surface area contributed by atoms with Gasteiger partial charge in [0.05, 0.1) is 0 Å². The molecule has 0 radical (unpaired) electrons. The minimum absolute atomic E-state index is 0.0670. The molecule has 0 aliphatic heterocycles. The molecule has 0 bridgehead atoms. The van der Waals surface area contributed by atoms with Crippen LogP contribution in [0.4, 0.5) is 0 Å². The molecule has 0 unspecified atom stereocenters. The van der Waals surface area contributed by atoms with E-state index < -0.39 is 0 Å². The van der Waals surface area contributed by atoms with Crippen LogP contribution >= 0.6 is 11.6 Å². The van der Waals surface area contributed by atoms with Crippen LogP contribution in [0.3, 0.4) is 0 Å². The maximum absolute atomic E-state index is 11.8. The number of rotatable bonds is 4. The number of carbonyl (C=O) groups excluding carboxylic acids is 1. The Morgan fingerprint density at radius 3 is 2.33 bits per heavy atom. The van der Waals surface area contributed by atoms with Gasteiger partial charge in [-0.1, -0.05) is 41.9 Å². The second kappa shape index (κ2) is 6.22. The molecule has 0 atom stereocenters. The SMILES string of the molecule is O=C(NCCc1ccccc1)c1ccc(Cl)cc1. The van der Waals surface area contributed by atoms with E-state index in [1.54, 1.807) is 24.3 Å². The number of amides is 1. The van der Waals surface area contributed by atoms with Gasteiger partial charge in [-0.25, -0.2) is 0 Å². The lowest BCUT2D eigenvalue weighted by molar-refractivity contribution is 0.0954. The largest absolute Gasteiger partial charge is 0.352 e. The van der Waals surface area contributed by atoms with Gasteiger partial charge < -0.3 is 5.32 Å². The molecule has 3 heteroatoms. The predicted molar refractivity (Wildman–Crippen MR) is 73.9 cm³/mol. The molecule has 2 aromatic rings. The average Bonchev–Trinajstić information content (AvgIpc) is 2.40. The highest BCUT2D eigenvalue weighted by Gasteiger charge is 2.03. The van der Waals surface area contributed by atoms with E-state index in [9.17, 15) is 4.79 Å². The van der Waals surface area contributed by atoms with Crippen LogP contribution in [0.1, 0.15) is 15.9 Å². The molecule has 0 heterocycles. The second-order valence-corrected chi connectivity index (χ2v) is 4.43. The molecule has 0 saturated heterocycles. The fraction of sp³-hybridized carbons (Fsp3) is 0.133. The summed E-state index contributed by atoms with van der Waals surface area (Å²) in [6.07, 6.45) is 0.834. The Bertz CT molecular complexity index is 508. The standard InChI is InChI=1S/C15H14ClNO/c16-14-8-6-13(7-9-14)15(18)17-11-10-12-4-2-1-3-5-12/h1-9H,10-11H2,(H,17,18). The zero-order chi connectivity index (χ0) is 12.8. The van der Waals surface area contributed by atoms with Gasteiger partial charge in [0.15, 0.2) is 0 Å². The smallest absolute Gasteiger partial charge is 0.251 e. The zero-order valence-electron chi connectivity index (χ0n) is 9.90. The summed E-state index contributed by atoms with van der Waals surface area (Å²) < 4.78 is 0. The van der Waals surface area contributed by atoms with E-state index in [2.05, 4.69) is 17.4 Å². The summed E-state index contributed by atoms with van der Waals surface area (Å²) in [6.45, 7) is 0.630. The summed E-state index contributed by atoms with van der Waals surface area (Å²) in [5.41, 5.74) is 1.85. The van der Waals surface area contributed by atoms with Gasteiger partial charge in [0.2, 0.25) is 0 Å². The molecule has 92 valence electrons. The zero-order valence-corrected chi connectivity index (χ0v) is 10.7. The van der Waals surface area contributed by atoms with Crippen molar-refractivity contribution < 1.29 is 4.79 Å². The van der Waals surface area contributed by atoms with Gasteiger partial charge in [-0.2, -0.15) is 0 Å². The first-order valence-electron chi connectivity index (χ1n) is 5.83. The van der Waals surface area contributed by atoms with Crippen molar-refractivity contribution in [2.75, 3.05) is 6.54 Å². The van der Waals surface area contributed by atoms with Crippen LogP contribution in [0.2, 0.25) is 5.02 Å². The molecule has 0 aliphatic carbocycles. The molecule has 2 aromatic carbocycles. The lowest BCUT2D eigenvalue weighted by Gasteiger charge is -2.05. The Morgan fingerprint density at radius 1 is 1.00 bits per heavy atom. The van der Waals surface area contributed by atoms with Crippen LogP contribution < -0.4 is 5.32 Å². The third-order valence-electron chi connectivity index (χ3n) is 2.65. The molecule has 0 saturated carbocycles. The van der Waals surface area contributed by atoms with E-state index in [-0.39, 0.29) is 5.91 Å². The highest BCUT2D eigenvalue weighted by atomic mass is 35.5. The predicted octanol–water partition coefficient (Wildman–Crippen LogP) is 3.31. The Morgan fingerprint density at radius 2 is 1.67 bits per heavy atom. The Balaban J connectivity index is 1.84. The maximum Gasteiger partial charge on any atom is 0.251 e. The number of benzene rings is 2. The van der Waals surface area contributed by atoms with E-state index in [0.717, 1.165) is 6.42 Å². The number of halogens is 1. The monoisotopic (exact) mass is 259 g/mol. The van der Waals surface area contributed by atoms with Crippen molar-refractivity contribution in [3.63, 3.8) is 0 Å². The van der Waals surface area contributed by atoms with E-state index in [1.807, 2.05) is 18.2 Å². The van der Waals surface area contributed by atoms with Crippen molar-refractivity contribution in [1.82, 2.24) is 5.32 Å². The number of hydrogen-bond acceptors (Lipinski definition) is 1. The van der Waals surface area contributed by atoms with Gasteiger partial charge in [-0.3, -0.25) is 4.79 Å². The van der Waals surface area contributed by atoms with Gasteiger partial charge in [0.1, 0.15) is 0 Å². The first kappa shape index (κ1) is 12.7. The fourth-order valence-electron chi connectivity index (χ4n) is 1.67. The molecule has 1 N–H and O–H groups in total. The van der Waals surface area contributed by atoms with E-state index >= 15 is 0 Å². The highest BCUT2D eigenvalue weighted by Crippen LogP contribution is 2.09. The summed E-state index contributed by atoms with van der Waals surface area (Å²) in [5, 5.41) is 3.52. The van der Waals surface area contributed by atoms with Gasteiger partial charge in [0, 0.05) is 17.1 Å². The third kappa shape index (κ3) is 3.60. The van der Waals surface area contributed by atoms with E-state index in [1.165, 1.54) is 5.56 Å². The summed E-state index contributed by atoms with van der Waals surface area (Å²) in [7, 11) is 0. The van der Waals surface area contributed by atoms with Crippen molar-refractivity contribution in [3.8, 4) is 0 Å². The number of hydrogen-bond donors (Lipinski definition) is 1. The van der Waals surface area contributed by atoms with Gasteiger partial charge in [-0.15, -0.1) is 0 Å². The molecule has 2 rings (SSSR count). The maximum atomic E-state index is 11.8. The lowest BCUT2D eigenvalue weighted by atomic mass is 10.1. The van der Waals surface area contributed by atoms with Gasteiger partial charge in [0.25, 0.3) is 5.91 Å². The normalized spacial score (nSPS) is 10.1. The summed E-state index contributed by atoms with van der Waals surface area (Å²) >= 11 is 5.77. The van der Waals surface area contributed by atoms with Crippen LogP contribution in [0.15, 0.2) is 54.6 Å². The topological polar surface area (TPSA) is 29.1 Å². The molecule has 1 amide bonds. The second-order valence-electron chi connectivity index (χ2n) is 4.00. The van der Waals surface area contributed by atoms with Crippen LogP contribution in [-0.4, -0.2) is 12.5 Å². The number of carbonyl (C=O) groups is 1. The van der Waals surface area contributed by atoms with Gasteiger partial charge >= 0.3 is 0 Å². The fourth-order valence-corrected chi connectivity index (χ4v) is 1.79. The molecule has 2 nitrogen and oxygen atoms in total. The van der Waals surface area contributed by atoms with E-state index in [0.29, 0.717) is 17.1 Å². The molecule has 0 fully saturated rings. The van der Waals surface area contributed by atoms with Crippen molar-refractivity contribution in [2.45, 2.75) is 6.42 Å². The molecule has 0 aliphatic rings. The number of nitrogens with one attached hydrogen (secondary N) is 1. The first-order chi connectivity index (χ1) is 8.75. The average molecular weight is 260 g/mol. The Kier molecular flexibility index (Phi) is 4.37. The van der Waals surface area contributed by atoms with Crippen LogP contribution in [-0.2, 0) is 6.42 Å². The van der Waals surface area contributed by atoms with Crippen LogP contribution in [0.25, 0.3) is 0 Å². The molecule has 0 spiro atoms. The highest BCUT2D eigenvalue weighted by molar-refractivity contribution is 6.30. The third-order valence-corrected chi connectivity index (χ3v) is 2.90. The van der Waals surface area contributed by atoms with Crippen molar-refractivity contribution in [2.24, 2.45) is 0 Å². The first-order valence-corrected chi connectivity index (χ1v) is 6.21. The van der Waals surface area contributed by atoms with Gasteiger partial charge in [-0.05, 0) is 36.2 Å². The van der Waals surface area contributed by atoms with Crippen LogP contribution in [0, 0.1) is 0 Å². The van der Waals surface area contributed by atoms with Crippen molar-refractivity contribution in [3.05, 3.63) is 70.7 Å². The van der Waals surface area contributed by atoms with Crippen molar-refractivity contribution in [1.29, 1.82) is 0 Å². The quantitative estimate of drug-likeness (QED) is 0.897. The minimum atomic E-state index is -0.0670. The molecule has 18 heavy (non-hydrogen) atoms. The molecular formula is C15H14ClNO. The lowest BCUT2D eigenvalue weighted by Crippen LogP contribution is -2.25. The minimum Gasteiger partial charge on any atom is -0.352 e.